The molecule has 0 unspecified atom stereocenters. The van der Waals surface area contributed by atoms with E-state index in [1.54, 1.807) is 22.6 Å². The maximum absolute atomic E-state index is 10.9. The first-order chi connectivity index (χ1) is 6.32. The predicted molar refractivity (Wildman–Crippen MR) is 57.2 cm³/mol. The van der Waals surface area contributed by atoms with Crippen LogP contribution in [0.3, 0.4) is 0 Å². The molecule has 0 heterocycles. The number of halogens is 1. The molecule has 0 aromatic heterocycles. The summed E-state index contributed by atoms with van der Waals surface area (Å²) in [5, 5.41) is 15.3. The summed E-state index contributed by atoms with van der Waals surface area (Å²) in [7, 11) is -3.88. The molecule has 0 aliphatic heterocycles. The lowest BCUT2D eigenvalue weighted by Gasteiger charge is -1.99. The zero-order valence-corrected chi connectivity index (χ0v) is 9.65. The van der Waals surface area contributed by atoms with Gasteiger partial charge in [0.1, 0.15) is 0 Å². The van der Waals surface area contributed by atoms with Crippen molar-refractivity contribution in [1.82, 2.24) is 0 Å². The van der Waals surface area contributed by atoms with Gasteiger partial charge < -0.3 is 0 Å². The van der Waals surface area contributed by atoms with Gasteiger partial charge in [0.15, 0.2) is 0 Å². The van der Waals surface area contributed by atoms with Crippen molar-refractivity contribution in [2.24, 2.45) is 5.14 Å². The number of hydrogen-bond acceptors (Lipinski definition) is 4. The summed E-state index contributed by atoms with van der Waals surface area (Å²) in [6.45, 7) is 0. The van der Waals surface area contributed by atoms with Crippen LogP contribution < -0.4 is 5.14 Å². The van der Waals surface area contributed by atoms with Crippen LogP contribution in [0.4, 0.5) is 5.69 Å². The van der Waals surface area contributed by atoms with E-state index in [1.165, 1.54) is 12.1 Å². The van der Waals surface area contributed by atoms with Gasteiger partial charge in [0.25, 0.3) is 5.69 Å². The molecular weight excluding hydrogens is 323 g/mol. The summed E-state index contributed by atoms with van der Waals surface area (Å²) in [5.41, 5.74) is -0.267. The van der Waals surface area contributed by atoms with Crippen molar-refractivity contribution < 1.29 is 13.3 Å². The number of nitro groups is 1. The Bertz CT molecular complexity index is 485. The van der Waals surface area contributed by atoms with Gasteiger partial charge in [0.05, 0.1) is 13.4 Å². The minimum atomic E-state index is -3.88. The average Bonchev–Trinajstić information content (AvgIpc) is 2.02. The molecule has 0 amide bonds. The fraction of sp³-hybridized carbons (Fsp3) is 0. The average molecular weight is 328 g/mol. The Kier molecular flexibility index (Phi) is 3.07. The second kappa shape index (κ2) is 3.79. The van der Waals surface area contributed by atoms with E-state index in [0.29, 0.717) is 3.57 Å². The minimum absolute atomic E-state index is 0.260. The molecule has 6 nitrogen and oxygen atoms in total. The van der Waals surface area contributed by atoms with Crippen LogP contribution in [0.1, 0.15) is 0 Å². The molecule has 0 saturated heterocycles. The fourth-order valence-electron chi connectivity index (χ4n) is 0.809. The van der Waals surface area contributed by atoms with Crippen LogP contribution in [0, 0.1) is 13.7 Å². The number of hydrogen-bond donors (Lipinski definition) is 1. The summed E-state index contributed by atoms with van der Waals surface area (Å²) < 4.78 is 22.1. The Morgan fingerprint density at radius 3 is 2.43 bits per heavy atom. The third-order valence-electron chi connectivity index (χ3n) is 1.44. The van der Waals surface area contributed by atoms with Gasteiger partial charge >= 0.3 is 0 Å². The Hall–Kier alpha value is -0.740. The second-order valence-corrected chi connectivity index (χ2v) is 5.14. The fourth-order valence-corrected chi connectivity index (χ4v) is 1.88. The minimum Gasteiger partial charge on any atom is -0.258 e. The lowest BCUT2D eigenvalue weighted by molar-refractivity contribution is -0.386. The maximum atomic E-state index is 10.9. The summed E-state index contributed by atoms with van der Waals surface area (Å²) >= 11 is 1.74. The van der Waals surface area contributed by atoms with Gasteiger partial charge in [-0.25, -0.2) is 13.6 Å². The third kappa shape index (κ3) is 2.39. The molecule has 2 N–H and O–H groups in total. The largest absolute Gasteiger partial charge is 0.284 e. The smallest absolute Gasteiger partial charge is 0.258 e. The van der Waals surface area contributed by atoms with Gasteiger partial charge in [-0.05, 0) is 34.7 Å². The van der Waals surface area contributed by atoms with Gasteiger partial charge in [0.2, 0.25) is 10.0 Å². The standard InChI is InChI=1S/C6H5IN2O4S/c7-5-2-1-4(14(8,12)13)3-6(5)9(10)11/h1-3H,(H2,8,12,13). The van der Waals surface area contributed by atoms with Crippen LogP contribution >= 0.6 is 22.6 Å². The first-order valence-corrected chi connectivity index (χ1v) is 5.91. The van der Waals surface area contributed by atoms with Crippen molar-refractivity contribution in [2.45, 2.75) is 4.90 Å². The van der Waals surface area contributed by atoms with E-state index < -0.39 is 14.9 Å². The molecule has 0 fully saturated rings. The number of sulfonamides is 1. The van der Waals surface area contributed by atoms with E-state index in [-0.39, 0.29) is 10.6 Å². The highest BCUT2D eigenvalue weighted by atomic mass is 127. The Morgan fingerprint density at radius 2 is 2.00 bits per heavy atom. The van der Waals surface area contributed by atoms with Gasteiger partial charge in [-0.2, -0.15) is 0 Å². The van der Waals surface area contributed by atoms with E-state index in [4.69, 9.17) is 5.14 Å². The lowest BCUT2D eigenvalue weighted by Crippen LogP contribution is -2.12. The molecule has 0 saturated carbocycles. The number of rotatable bonds is 2. The van der Waals surface area contributed by atoms with Crippen LogP contribution in [0.15, 0.2) is 23.1 Å². The SMILES string of the molecule is NS(=O)(=O)c1ccc(I)c([N+](=O)[O-])c1. The molecule has 76 valence electrons. The van der Waals surface area contributed by atoms with Crippen molar-refractivity contribution in [3.05, 3.63) is 31.9 Å². The van der Waals surface area contributed by atoms with Crippen molar-refractivity contribution in [3.63, 3.8) is 0 Å². The molecule has 0 bridgehead atoms. The van der Waals surface area contributed by atoms with Gasteiger partial charge in [-0.3, -0.25) is 10.1 Å². The predicted octanol–water partition coefficient (Wildman–Crippen LogP) is 0.847. The summed E-state index contributed by atoms with van der Waals surface area (Å²) in [6, 6.07) is 3.50. The van der Waals surface area contributed by atoms with Crippen molar-refractivity contribution in [1.29, 1.82) is 0 Å². The highest BCUT2D eigenvalue weighted by molar-refractivity contribution is 14.1. The topological polar surface area (TPSA) is 103 Å². The highest BCUT2D eigenvalue weighted by Gasteiger charge is 2.16. The molecule has 0 atom stereocenters. The number of nitrogens with zero attached hydrogens (tertiary/aromatic N) is 1. The lowest BCUT2D eigenvalue weighted by atomic mass is 10.3. The first kappa shape index (κ1) is 11.3. The highest BCUT2D eigenvalue weighted by Crippen LogP contribution is 2.23. The van der Waals surface area contributed by atoms with Gasteiger partial charge in [0, 0.05) is 6.07 Å². The molecule has 0 radical (unpaired) electrons. The monoisotopic (exact) mass is 328 g/mol. The first-order valence-electron chi connectivity index (χ1n) is 3.29. The van der Waals surface area contributed by atoms with E-state index >= 15 is 0 Å². The molecule has 1 aromatic carbocycles. The van der Waals surface area contributed by atoms with Crippen molar-refractivity contribution in [3.8, 4) is 0 Å². The Morgan fingerprint density at radius 1 is 1.43 bits per heavy atom. The van der Waals surface area contributed by atoms with E-state index in [9.17, 15) is 18.5 Å². The zero-order chi connectivity index (χ0) is 10.9. The Labute approximate surface area is 93.4 Å². The zero-order valence-electron chi connectivity index (χ0n) is 6.68. The van der Waals surface area contributed by atoms with Crippen LogP contribution in [-0.4, -0.2) is 13.3 Å². The summed E-state index contributed by atoms with van der Waals surface area (Å²) in [6.07, 6.45) is 0. The number of nitrogens with two attached hydrogens (primary N) is 1. The molecule has 1 rings (SSSR count). The van der Waals surface area contributed by atoms with Gasteiger partial charge in [-0.15, -0.1) is 0 Å². The van der Waals surface area contributed by atoms with E-state index in [0.717, 1.165) is 6.07 Å². The van der Waals surface area contributed by atoms with Crippen LogP contribution in [-0.2, 0) is 10.0 Å². The molecule has 1 aromatic rings. The van der Waals surface area contributed by atoms with Gasteiger partial charge in [-0.1, -0.05) is 0 Å². The van der Waals surface area contributed by atoms with Crippen LogP contribution in [0.2, 0.25) is 0 Å². The molecule has 14 heavy (non-hydrogen) atoms. The molecule has 0 spiro atoms. The van der Waals surface area contributed by atoms with E-state index in [2.05, 4.69) is 0 Å². The molecule has 0 aliphatic rings. The molecular formula is C6H5IN2O4S. The van der Waals surface area contributed by atoms with Crippen LogP contribution in [0.5, 0.6) is 0 Å². The van der Waals surface area contributed by atoms with E-state index in [1.807, 2.05) is 0 Å². The maximum Gasteiger partial charge on any atom is 0.284 e. The molecule has 8 heteroatoms. The summed E-state index contributed by atoms with van der Waals surface area (Å²) in [5.74, 6) is 0. The van der Waals surface area contributed by atoms with Crippen LogP contribution in [0.25, 0.3) is 0 Å². The summed E-state index contributed by atoms with van der Waals surface area (Å²) in [4.78, 5) is 9.55. The van der Waals surface area contributed by atoms with Crippen molar-refractivity contribution in [2.75, 3.05) is 0 Å². The molecule has 0 aliphatic carbocycles. The van der Waals surface area contributed by atoms with Crippen molar-refractivity contribution >= 4 is 38.3 Å². The Balaban J connectivity index is 3.42. The normalized spacial score (nSPS) is 11.3. The quantitative estimate of drug-likeness (QED) is 0.494. The number of primary sulfonamides is 1. The number of benzene rings is 1. The third-order valence-corrected chi connectivity index (χ3v) is 3.27. The number of nitro benzene ring substituents is 1. The second-order valence-electron chi connectivity index (χ2n) is 2.42.